The fourth-order valence-electron chi connectivity index (χ4n) is 1.40. The van der Waals surface area contributed by atoms with Crippen LogP contribution in [0.4, 0.5) is 0 Å². The number of nitrogens with zero attached hydrogens (tertiary/aromatic N) is 1. The zero-order valence-electron chi connectivity index (χ0n) is 9.73. The van der Waals surface area contributed by atoms with Crippen LogP contribution in [0.15, 0.2) is 10.5 Å². The van der Waals surface area contributed by atoms with Gasteiger partial charge in [0.1, 0.15) is 5.76 Å². The molecule has 0 aromatic carbocycles. The molecule has 0 saturated heterocycles. The molecule has 0 bridgehead atoms. The number of aldehydes is 1. The van der Waals surface area contributed by atoms with Crippen molar-refractivity contribution in [3.05, 3.63) is 38.7 Å². The number of carbonyl (C=O) groups excluding carboxylic acids is 2. The maximum absolute atomic E-state index is 12.0. The average molecular weight is 249 g/mol. The lowest BCUT2D eigenvalue weighted by Gasteiger charge is -1.89. The Morgan fingerprint density at radius 1 is 1.41 bits per heavy atom. The van der Waals surface area contributed by atoms with Crippen molar-refractivity contribution < 1.29 is 14.0 Å². The van der Waals surface area contributed by atoms with Crippen LogP contribution in [0, 0.1) is 20.8 Å². The smallest absolute Gasteiger partial charge is 0.269 e. The first kappa shape index (κ1) is 11.7. The Balaban J connectivity index is 2.39. The van der Waals surface area contributed by atoms with Crippen molar-refractivity contribution in [1.82, 2.24) is 4.98 Å². The highest BCUT2D eigenvalue weighted by atomic mass is 32.1. The van der Waals surface area contributed by atoms with Crippen LogP contribution in [0.3, 0.4) is 0 Å². The van der Waals surface area contributed by atoms with E-state index in [1.54, 1.807) is 26.8 Å². The van der Waals surface area contributed by atoms with E-state index in [0.717, 1.165) is 11.2 Å². The monoisotopic (exact) mass is 249 g/mol. The molecule has 4 nitrogen and oxygen atoms in total. The third-order valence-electron chi connectivity index (χ3n) is 2.53. The molecule has 17 heavy (non-hydrogen) atoms. The fourth-order valence-corrected chi connectivity index (χ4v) is 2.32. The van der Waals surface area contributed by atoms with E-state index in [1.807, 2.05) is 0 Å². The van der Waals surface area contributed by atoms with Gasteiger partial charge in [-0.25, -0.2) is 4.98 Å². The third kappa shape index (κ3) is 2.06. The van der Waals surface area contributed by atoms with Crippen LogP contribution in [0.25, 0.3) is 0 Å². The summed E-state index contributed by atoms with van der Waals surface area (Å²) in [5.74, 6) is 0.443. The minimum absolute atomic E-state index is 0.0821. The molecule has 0 spiro atoms. The van der Waals surface area contributed by atoms with Gasteiger partial charge in [0.15, 0.2) is 6.29 Å². The second-order valence-corrected chi connectivity index (χ2v) is 4.99. The zero-order valence-corrected chi connectivity index (χ0v) is 10.6. The number of hydrogen-bond acceptors (Lipinski definition) is 5. The predicted octanol–water partition coefficient (Wildman–Crippen LogP) is 2.70. The summed E-state index contributed by atoms with van der Waals surface area (Å²) in [4.78, 5) is 28.1. The Morgan fingerprint density at radius 2 is 2.12 bits per heavy atom. The largest absolute Gasteiger partial charge is 0.439 e. The average Bonchev–Trinajstić information content (AvgIpc) is 2.82. The summed E-state index contributed by atoms with van der Waals surface area (Å²) in [6.45, 7) is 5.35. The van der Waals surface area contributed by atoms with Gasteiger partial charge in [-0.15, -0.1) is 11.3 Å². The number of hydrogen-bond donors (Lipinski definition) is 0. The van der Waals surface area contributed by atoms with Crippen molar-refractivity contribution in [3.63, 3.8) is 0 Å². The second-order valence-electron chi connectivity index (χ2n) is 3.73. The third-order valence-corrected chi connectivity index (χ3v) is 3.59. The standard InChI is InChI=1S/C12H11NO3S/c1-6-7(2)16-12(13-6)11(15)10-4-9(5-14)8(3)17-10/h4-5H,1-3H3. The Morgan fingerprint density at radius 3 is 2.59 bits per heavy atom. The van der Waals surface area contributed by atoms with Gasteiger partial charge in [-0.3, -0.25) is 9.59 Å². The molecule has 0 amide bonds. The summed E-state index contributed by atoms with van der Waals surface area (Å²) in [6.07, 6.45) is 0.745. The first-order valence-corrected chi connectivity index (χ1v) is 5.89. The lowest BCUT2D eigenvalue weighted by molar-refractivity contribution is 0.100. The number of thiophene rings is 1. The minimum atomic E-state index is -0.276. The first-order valence-electron chi connectivity index (χ1n) is 5.07. The Labute approximate surface area is 102 Å². The summed E-state index contributed by atoms with van der Waals surface area (Å²) in [5, 5.41) is 0. The maximum atomic E-state index is 12.0. The van der Waals surface area contributed by atoms with Crippen molar-refractivity contribution in [2.45, 2.75) is 20.8 Å². The van der Waals surface area contributed by atoms with Gasteiger partial charge >= 0.3 is 0 Å². The molecule has 5 heteroatoms. The molecule has 0 saturated carbocycles. The Bertz CT molecular complexity index is 575. The summed E-state index contributed by atoms with van der Waals surface area (Å²) in [7, 11) is 0. The molecular weight excluding hydrogens is 238 g/mol. The number of ketones is 1. The van der Waals surface area contributed by atoms with Crippen LogP contribution in [-0.4, -0.2) is 17.1 Å². The van der Waals surface area contributed by atoms with Crippen molar-refractivity contribution in [1.29, 1.82) is 0 Å². The van der Waals surface area contributed by atoms with E-state index in [-0.39, 0.29) is 11.7 Å². The number of carbonyl (C=O) groups is 2. The number of rotatable bonds is 3. The molecule has 0 aliphatic rings. The van der Waals surface area contributed by atoms with Crippen LogP contribution in [0.2, 0.25) is 0 Å². The van der Waals surface area contributed by atoms with Gasteiger partial charge in [-0.05, 0) is 26.8 Å². The van der Waals surface area contributed by atoms with Crippen LogP contribution in [0.5, 0.6) is 0 Å². The van der Waals surface area contributed by atoms with E-state index < -0.39 is 0 Å². The van der Waals surface area contributed by atoms with Gasteiger partial charge in [0.25, 0.3) is 11.7 Å². The molecule has 2 heterocycles. The van der Waals surface area contributed by atoms with E-state index in [9.17, 15) is 9.59 Å². The van der Waals surface area contributed by atoms with Gasteiger partial charge in [-0.1, -0.05) is 0 Å². The summed E-state index contributed by atoms with van der Waals surface area (Å²) < 4.78 is 5.27. The fraction of sp³-hybridized carbons (Fsp3) is 0.250. The quantitative estimate of drug-likeness (QED) is 0.620. The first-order chi connectivity index (χ1) is 8.02. The number of aryl methyl sites for hydroxylation is 3. The molecule has 2 rings (SSSR count). The van der Waals surface area contributed by atoms with Crippen molar-refractivity contribution >= 4 is 23.4 Å². The summed E-state index contributed by atoms with van der Waals surface area (Å²) in [6, 6.07) is 1.57. The minimum Gasteiger partial charge on any atom is -0.439 e. The molecular formula is C12H11NO3S. The molecule has 0 aliphatic heterocycles. The van der Waals surface area contributed by atoms with Gasteiger partial charge in [0, 0.05) is 10.4 Å². The summed E-state index contributed by atoms with van der Waals surface area (Å²) in [5.41, 5.74) is 1.25. The lowest BCUT2D eigenvalue weighted by atomic mass is 10.2. The maximum Gasteiger partial charge on any atom is 0.269 e. The van der Waals surface area contributed by atoms with Gasteiger partial charge in [-0.2, -0.15) is 0 Å². The Hall–Kier alpha value is -1.75. The Kier molecular flexibility index (Phi) is 2.93. The highest BCUT2D eigenvalue weighted by molar-refractivity contribution is 7.14. The number of oxazole rings is 1. The molecule has 0 fully saturated rings. The number of aromatic nitrogens is 1. The van der Waals surface area contributed by atoms with Crippen LogP contribution < -0.4 is 0 Å². The van der Waals surface area contributed by atoms with E-state index in [2.05, 4.69) is 4.98 Å². The normalized spacial score (nSPS) is 10.5. The molecule has 0 atom stereocenters. The van der Waals surface area contributed by atoms with Gasteiger partial charge in [0.05, 0.1) is 10.6 Å². The molecule has 2 aromatic rings. The van der Waals surface area contributed by atoms with Gasteiger partial charge < -0.3 is 4.42 Å². The van der Waals surface area contributed by atoms with Crippen molar-refractivity contribution in [2.75, 3.05) is 0 Å². The molecule has 0 aliphatic carbocycles. The highest BCUT2D eigenvalue weighted by Gasteiger charge is 2.19. The highest BCUT2D eigenvalue weighted by Crippen LogP contribution is 2.23. The molecule has 2 aromatic heterocycles. The second kappa shape index (κ2) is 4.25. The molecule has 0 radical (unpaired) electrons. The van der Waals surface area contributed by atoms with E-state index in [1.165, 1.54) is 11.3 Å². The summed E-state index contributed by atoms with van der Waals surface area (Å²) >= 11 is 1.28. The molecule has 0 N–H and O–H groups in total. The molecule has 0 unspecified atom stereocenters. The van der Waals surface area contributed by atoms with Crippen LogP contribution >= 0.6 is 11.3 Å². The van der Waals surface area contributed by atoms with Crippen LogP contribution in [-0.2, 0) is 0 Å². The topological polar surface area (TPSA) is 60.2 Å². The lowest BCUT2D eigenvalue weighted by Crippen LogP contribution is -1.98. The van der Waals surface area contributed by atoms with Crippen LogP contribution in [0.1, 0.15) is 42.3 Å². The predicted molar refractivity (Wildman–Crippen MR) is 63.9 cm³/mol. The molecule has 88 valence electrons. The SMILES string of the molecule is Cc1nc(C(=O)c2cc(C=O)c(C)s2)oc1C. The van der Waals surface area contributed by atoms with E-state index >= 15 is 0 Å². The van der Waals surface area contributed by atoms with Crippen molar-refractivity contribution in [3.8, 4) is 0 Å². The van der Waals surface area contributed by atoms with Gasteiger partial charge in [0.2, 0.25) is 0 Å². The van der Waals surface area contributed by atoms with E-state index in [0.29, 0.717) is 21.9 Å². The van der Waals surface area contributed by atoms with E-state index in [4.69, 9.17) is 4.42 Å². The zero-order chi connectivity index (χ0) is 12.6. The van der Waals surface area contributed by atoms with Crippen molar-refractivity contribution in [2.24, 2.45) is 0 Å².